The van der Waals surface area contributed by atoms with Gasteiger partial charge in [-0.3, -0.25) is 0 Å². The highest BCUT2D eigenvalue weighted by molar-refractivity contribution is 8.00. The highest BCUT2D eigenvalue weighted by Crippen LogP contribution is 2.54. The van der Waals surface area contributed by atoms with Gasteiger partial charge in [0.05, 0.1) is 10.9 Å². The minimum Gasteiger partial charge on any atom is -0.200 e. The molecule has 224 valence electrons. The van der Waals surface area contributed by atoms with Gasteiger partial charge in [-0.15, -0.1) is 0 Å². The van der Waals surface area contributed by atoms with Gasteiger partial charge in [0, 0.05) is 21.2 Å². The van der Waals surface area contributed by atoms with Crippen molar-refractivity contribution in [3.05, 3.63) is 76.5 Å². The van der Waals surface area contributed by atoms with Gasteiger partial charge in [-0.05, 0) is 105 Å². The molecule has 0 unspecified atom stereocenters. The third-order valence-electron chi connectivity index (χ3n) is 9.01. The molecule has 1 aliphatic heterocycles. The molecule has 4 aromatic carbocycles. The first-order valence-electron chi connectivity index (χ1n) is 16.1. The molecule has 0 aliphatic carbocycles. The normalized spacial score (nSPS) is 13.8. The Balaban J connectivity index is 1.73. The van der Waals surface area contributed by atoms with Crippen molar-refractivity contribution in [1.29, 1.82) is 0 Å². The molecule has 0 saturated carbocycles. The Morgan fingerprint density at radius 1 is 0.628 bits per heavy atom. The SMILES string of the molecule is Cc1ccc2c(cc3c4c([n+](C)ccc42)-c2c(c(CC(C)(C)C)c4ccc(CC(C)(C)C)cc4c2C)S3)c1CC(C)(C)C. The Hall–Kier alpha value is -2.84. The molecule has 1 nitrogen and oxygen atoms in total. The van der Waals surface area contributed by atoms with Gasteiger partial charge in [0.25, 0.3) is 0 Å². The van der Waals surface area contributed by atoms with Gasteiger partial charge in [0.2, 0.25) is 5.69 Å². The first-order valence-corrected chi connectivity index (χ1v) is 16.9. The zero-order chi connectivity index (χ0) is 31.2. The highest BCUT2D eigenvalue weighted by atomic mass is 32.2. The molecular formula is C41H50NS+. The summed E-state index contributed by atoms with van der Waals surface area (Å²) >= 11 is 2.03. The summed E-state index contributed by atoms with van der Waals surface area (Å²) in [5, 5.41) is 8.46. The molecule has 0 fully saturated rings. The van der Waals surface area contributed by atoms with E-state index in [1.54, 1.807) is 0 Å². The van der Waals surface area contributed by atoms with Gasteiger partial charge in [0.15, 0.2) is 6.20 Å². The maximum Gasteiger partial charge on any atom is 0.222 e. The quantitative estimate of drug-likeness (QED) is 0.147. The van der Waals surface area contributed by atoms with Crippen LogP contribution in [-0.2, 0) is 26.3 Å². The number of pyridine rings is 1. The fourth-order valence-corrected chi connectivity index (χ4v) is 8.69. The molecule has 2 heteroatoms. The number of rotatable bonds is 3. The Kier molecular flexibility index (Phi) is 7.09. The number of hydrogen-bond donors (Lipinski definition) is 0. The zero-order valence-electron chi connectivity index (χ0n) is 28.6. The first kappa shape index (κ1) is 30.2. The Morgan fingerprint density at radius 3 is 1.91 bits per heavy atom. The Bertz CT molecular complexity index is 1940. The van der Waals surface area contributed by atoms with Gasteiger partial charge >= 0.3 is 0 Å². The number of hydrogen-bond acceptors (Lipinski definition) is 1. The largest absolute Gasteiger partial charge is 0.222 e. The molecule has 0 saturated heterocycles. The predicted octanol–water partition coefficient (Wildman–Crippen LogP) is 11.5. The summed E-state index contributed by atoms with van der Waals surface area (Å²) in [6.07, 6.45) is 5.50. The first-order chi connectivity index (χ1) is 19.9. The molecule has 0 atom stereocenters. The second-order valence-electron chi connectivity index (χ2n) is 16.9. The molecular weight excluding hydrogens is 539 g/mol. The van der Waals surface area contributed by atoms with Crippen LogP contribution < -0.4 is 4.57 Å². The molecule has 0 spiro atoms. The molecule has 0 bridgehead atoms. The van der Waals surface area contributed by atoms with E-state index < -0.39 is 0 Å². The minimum absolute atomic E-state index is 0.176. The zero-order valence-corrected chi connectivity index (χ0v) is 29.4. The fraction of sp³-hybridized carbons (Fsp3) is 0.439. The summed E-state index contributed by atoms with van der Waals surface area (Å²) in [7, 11) is 2.24. The van der Waals surface area contributed by atoms with Crippen LogP contribution in [0, 0.1) is 30.1 Å². The number of aryl methyl sites for hydroxylation is 3. The predicted molar refractivity (Wildman–Crippen MR) is 189 cm³/mol. The summed E-state index contributed by atoms with van der Waals surface area (Å²) in [6, 6.07) is 17.0. The van der Waals surface area contributed by atoms with Crippen molar-refractivity contribution < 1.29 is 4.57 Å². The average molecular weight is 589 g/mol. The van der Waals surface area contributed by atoms with Crippen molar-refractivity contribution in [2.45, 2.75) is 105 Å². The summed E-state index contributed by atoms with van der Waals surface area (Å²) < 4.78 is 2.39. The maximum absolute atomic E-state index is 2.54. The van der Waals surface area contributed by atoms with Gasteiger partial charge in [-0.2, -0.15) is 0 Å². The lowest BCUT2D eigenvalue weighted by atomic mass is 9.81. The molecule has 6 rings (SSSR count). The number of fused-ring (bicyclic) bond motifs is 5. The molecule has 2 heterocycles. The number of aromatic nitrogens is 1. The fourth-order valence-electron chi connectivity index (χ4n) is 7.32. The molecule has 0 amide bonds. The van der Waals surface area contributed by atoms with Crippen LogP contribution in [0.1, 0.15) is 90.1 Å². The van der Waals surface area contributed by atoms with Gasteiger partial charge in [-0.1, -0.05) is 104 Å². The molecule has 0 N–H and O–H groups in total. The van der Waals surface area contributed by atoms with E-state index in [-0.39, 0.29) is 16.2 Å². The van der Waals surface area contributed by atoms with E-state index in [0.29, 0.717) is 0 Å². The number of benzene rings is 4. The van der Waals surface area contributed by atoms with Gasteiger partial charge in [-0.25, -0.2) is 4.57 Å². The molecule has 43 heavy (non-hydrogen) atoms. The van der Waals surface area contributed by atoms with Crippen LogP contribution in [-0.4, -0.2) is 0 Å². The number of nitrogens with zero attached hydrogens (tertiary/aromatic N) is 1. The second kappa shape index (κ2) is 10.1. The highest BCUT2D eigenvalue weighted by Gasteiger charge is 2.34. The van der Waals surface area contributed by atoms with E-state index in [1.807, 2.05) is 11.8 Å². The summed E-state index contributed by atoms with van der Waals surface area (Å²) in [5.74, 6) is 0. The van der Waals surface area contributed by atoms with Crippen molar-refractivity contribution in [3.63, 3.8) is 0 Å². The summed E-state index contributed by atoms with van der Waals surface area (Å²) in [4.78, 5) is 2.86. The smallest absolute Gasteiger partial charge is 0.200 e. The van der Waals surface area contributed by atoms with Gasteiger partial charge < -0.3 is 0 Å². The van der Waals surface area contributed by atoms with E-state index >= 15 is 0 Å². The third kappa shape index (κ3) is 5.50. The molecule has 1 aliphatic rings. The average Bonchev–Trinajstić information content (AvgIpc) is 2.87. The van der Waals surface area contributed by atoms with Crippen molar-refractivity contribution in [2.24, 2.45) is 23.3 Å². The van der Waals surface area contributed by atoms with E-state index in [2.05, 4.69) is 136 Å². The Labute approximate surface area is 264 Å². The summed E-state index contributed by atoms with van der Waals surface area (Å²) in [5.41, 5.74) is 10.7. The van der Waals surface area contributed by atoms with Crippen LogP contribution >= 0.6 is 11.8 Å². The van der Waals surface area contributed by atoms with Crippen molar-refractivity contribution >= 4 is 44.1 Å². The monoisotopic (exact) mass is 588 g/mol. The van der Waals surface area contributed by atoms with Crippen molar-refractivity contribution in [1.82, 2.24) is 0 Å². The third-order valence-corrected chi connectivity index (χ3v) is 10.2. The molecule has 1 aromatic heterocycles. The maximum atomic E-state index is 2.54. The summed E-state index contributed by atoms with van der Waals surface area (Å²) in [6.45, 7) is 25.9. The minimum atomic E-state index is 0.176. The van der Waals surface area contributed by atoms with E-state index in [9.17, 15) is 0 Å². The standard InChI is InChI=1S/C41H50NS/c1-24-13-15-27-29-17-18-42(12)37-35-25(2)30-19-26(21-39(3,4)5)14-16-28(30)33(23-41(9,10)11)38(35)43-34(36(29)37)20-31(27)32(24)22-40(6,7)8/h13-20H,21-23H2,1-12H3/q+1. The van der Waals surface area contributed by atoms with Crippen LogP contribution in [0.3, 0.4) is 0 Å². The van der Waals surface area contributed by atoms with Crippen LogP contribution in [0.25, 0.3) is 43.6 Å². The van der Waals surface area contributed by atoms with Crippen LogP contribution in [0.4, 0.5) is 0 Å². The van der Waals surface area contributed by atoms with Crippen LogP contribution in [0.5, 0.6) is 0 Å². The lowest BCUT2D eigenvalue weighted by Gasteiger charge is -2.29. The Morgan fingerprint density at radius 2 is 1.26 bits per heavy atom. The lowest BCUT2D eigenvalue weighted by molar-refractivity contribution is -0.659. The van der Waals surface area contributed by atoms with Crippen molar-refractivity contribution in [2.75, 3.05) is 0 Å². The van der Waals surface area contributed by atoms with Crippen LogP contribution in [0.2, 0.25) is 0 Å². The van der Waals surface area contributed by atoms with Crippen LogP contribution in [0.15, 0.2) is 58.5 Å². The molecule has 5 aromatic rings. The van der Waals surface area contributed by atoms with E-state index in [0.717, 1.165) is 19.3 Å². The second-order valence-corrected chi connectivity index (χ2v) is 17.9. The van der Waals surface area contributed by atoms with E-state index in [4.69, 9.17) is 0 Å². The molecule has 0 radical (unpaired) electrons. The van der Waals surface area contributed by atoms with Gasteiger partial charge in [0.1, 0.15) is 7.05 Å². The topological polar surface area (TPSA) is 3.88 Å². The lowest BCUT2D eigenvalue weighted by Crippen LogP contribution is -2.32. The van der Waals surface area contributed by atoms with Crippen molar-refractivity contribution in [3.8, 4) is 11.3 Å². The van der Waals surface area contributed by atoms with E-state index in [1.165, 1.54) is 81.2 Å².